The van der Waals surface area contributed by atoms with Gasteiger partial charge >= 0.3 is 0 Å². The van der Waals surface area contributed by atoms with Crippen LogP contribution in [0.2, 0.25) is 0 Å². The number of hydrogen-bond acceptors (Lipinski definition) is 3. The van der Waals surface area contributed by atoms with Gasteiger partial charge in [-0.2, -0.15) is 0 Å². The van der Waals surface area contributed by atoms with Gasteiger partial charge in [-0.1, -0.05) is 31.7 Å². The molecule has 2 atom stereocenters. The van der Waals surface area contributed by atoms with Crippen LogP contribution in [0.5, 0.6) is 0 Å². The van der Waals surface area contributed by atoms with Gasteiger partial charge in [-0.15, -0.1) is 0 Å². The Morgan fingerprint density at radius 1 is 1.35 bits per heavy atom. The van der Waals surface area contributed by atoms with Gasteiger partial charge in [0, 0.05) is 12.7 Å². The molecule has 0 spiro atoms. The summed E-state index contributed by atoms with van der Waals surface area (Å²) < 4.78 is 5.82. The number of ether oxygens (including phenoxy) is 1. The SMILES string of the molecule is C=C(CC[C@@H](C)O[C@H](C)CC)C(=N)c1ccccc1N.[HH]. The van der Waals surface area contributed by atoms with Gasteiger partial charge in [-0.3, -0.25) is 5.41 Å². The lowest BCUT2D eigenvalue weighted by molar-refractivity contribution is 0.00295. The molecule has 3 heteroatoms. The normalized spacial score (nSPS) is 13.8. The first-order valence-electron chi connectivity index (χ1n) is 7.22. The molecule has 0 aromatic heterocycles. The fourth-order valence-corrected chi connectivity index (χ4v) is 1.98. The Balaban J connectivity index is 0.00000400. The highest BCUT2D eigenvalue weighted by atomic mass is 16.5. The summed E-state index contributed by atoms with van der Waals surface area (Å²) in [5.74, 6) is 0. The lowest BCUT2D eigenvalue weighted by Gasteiger charge is -2.18. The van der Waals surface area contributed by atoms with E-state index in [4.69, 9.17) is 15.9 Å². The highest BCUT2D eigenvalue weighted by molar-refractivity contribution is 6.13. The Morgan fingerprint density at radius 2 is 2.00 bits per heavy atom. The molecule has 0 aliphatic rings. The van der Waals surface area contributed by atoms with E-state index in [2.05, 4.69) is 27.4 Å². The highest BCUT2D eigenvalue weighted by Gasteiger charge is 2.12. The van der Waals surface area contributed by atoms with Gasteiger partial charge in [0.05, 0.1) is 17.9 Å². The van der Waals surface area contributed by atoms with Crippen LogP contribution in [-0.4, -0.2) is 17.9 Å². The molecule has 0 unspecified atom stereocenters. The minimum absolute atomic E-state index is 0. The van der Waals surface area contributed by atoms with E-state index in [-0.39, 0.29) is 13.6 Å². The number of anilines is 1. The largest absolute Gasteiger partial charge is 0.398 e. The molecular weight excluding hydrogens is 248 g/mol. The number of rotatable bonds is 8. The standard InChI is InChI=1S/C17H26N2O.H2/c1-5-13(3)20-14(4)11-10-12(2)17(19)15-8-6-7-9-16(15)18;/h6-9,13-14,19H,2,5,10-11,18H2,1,3-4H3;1H/t13-,14-;/m1./s1. The van der Waals surface area contributed by atoms with Crippen LogP contribution in [0, 0.1) is 5.41 Å². The van der Waals surface area contributed by atoms with E-state index in [1.807, 2.05) is 24.3 Å². The number of nitrogens with one attached hydrogen (secondary N) is 1. The number of benzene rings is 1. The monoisotopic (exact) mass is 276 g/mol. The van der Waals surface area contributed by atoms with E-state index in [0.717, 1.165) is 30.4 Å². The molecular formula is C17H28N2O. The van der Waals surface area contributed by atoms with Gasteiger partial charge in [0.2, 0.25) is 0 Å². The first-order valence-corrected chi connectivity index (χ1v) is 7.22. The Morgan fingerprint density at radius 3 is 2.60 bits per heavy atom. The second kappa shape index (κ2) is 7.85. The zero-order valence-electron chi connectivity index (χ0n) is 12.8. The van der Waals surface area contributed by atoms with E-state index in [1.54, 1.807) is 0 Å². The van der Waals surface area contributed by atoms with Crippen molar-refractivity contribution in [1.82, 2.24) is 0 Å². The summed E-state index contributed by atoms with van der Waals surface area (Å²) in [6.07, 6.45) is 3.11. The van der Waals surface area contributed by atoms with E-state index in [0.29, 0.717) is 11.4 Å². The second-order valence-electron chi connectivity index (χ2n) is 5.27. The summed E-state index contributed by atoms with van der Waals surface area (Å²) in [5, 5.41) is 8.18. The molecule has 1 aromatic carbocycles. The van der Waals surface area contributed by atoms with Crippen LogP contribution in [0.25, 0.3) is 0 Å². The smallest absolute Gasteiger partial charge is 0.0658 e. The topological polar surface area (TPSA) is 59.1 Å². The maximum atomic E-state index is 8.18. The predicted octanol–water partition coefficient (Wildman–Crippen LogP) is 4.42. The molecule has 0 fully saturated rings. The van der Waals surface area contributed by atoms with E-state index >= 15 is 0 Å². The van der Waals surface area contributed by atoms with Crippen LogP contribution < -0.4 is 5.73 Å². The molecule has 3 nitrogen and oxygen atoms in total. The van der Waals surface area contributed by atoms with Gasteiger partial charge < -0.3 is 10.5 Å². The zero-order chi connectivity index (χ0) is 15.1. The van der Waals surface area contributed by atoms with Crippen molar-refractivity contribution in [2.45, 2.75) is 52.2 Å². The van der Waals surface area contributed by atoms with E-state index < -0.39 is 0 Å². The Bertz CT molecular complexity index is 474. The number of hydrogen-bond donors (Lipinski definition) is 2. The van der Waals surface area contributed by atoms with Gasteiger partial charge in [-0.05, 0) is 44.7 Å². The van der Waals surface area contributed by atoms with Crippen molar-refractivity contribution in [2.75, 3.05) is 5.73 Å². The first-order chi connectivity index (χ1) is 9.45. The molecule has 0 aliphatic carbocycles. The number of para-hydroxylation sites is 1. The van der Waals surface area contributed by atoms with Gasteiger partial charge in [0.15, 0.2) is 0 Å². The Kier molecular flexibility index (Phi) is 6.46. The molecule has 0 radical (unpaired) electrons. The number of nitrogens with two attached hydrogens (primary N) is 1. The maximum absolute atomic E-state index is 8.18. The zero-order valence-corrected chi connectivity index (χ0v) is 12.8. The van der Waals surface area contributed by atoms with Crippen molar-refractivity contribution in [3.05, 3.63) is 42.0 Å². The average Bonchev–Trinajstić information content (AvgIpc) is 2.44. The first kappa shape index (κ1) is 16.4. The predicted molar refractivity (Wildman–Crippen MR) is 88.5 cm³/mol. The highest BCUT2D eigenvalue weighted by Crippen LogP contribution is 2.19. The molecule has 0 saturated carbocycles. The van der Waals surface area contributed by atoms with Crippen LogP contribution >= 0.6 is 0 Å². The third kappa shape index (κ3) is 4.82. The molecule has 0 bridgehead atoms. The molecule has 0 amide bonds. The van der Waals surface area contributed by atoms with E-state index in [1.165, 1.54) is 0 Å². The minimum atomic E-state index is 0. The molecule has 0 aliphatic heterocycles. The van der Waals surface area contributed by atoms with Crippen molar-refractivity contribution in [2.24, 2.45) is 0 Å². The average molecular weight is 276 g/mol. The fourth-order valence-electron chi connectivity index (χ4n) is 1.98. The summed E-state index contributed by atoms with van der Waals surface area (Å²) in [5.41, 5.74) is 8.51. The van der Waals surface area contributed by atoms with Crippen molar-refractivity contribution in [3.63, 3.8) is 0 Å². The molecule has 20 heavy (non-hydrogen) atoms. The lowest BCUT2D eigenvalue weighted by atomic mass is 9.98. The quantitative estimate of drug-likeness (QED) is 0.545. The molecule has 112 valence electrons. The summed E-state index contributed by atoms with van der Waals surface area (Å²) >= 11 is 0. The number of allylic oxidation sites excluding steroid dienone is 1. The number of nitrogen functional groups attached to an aromatic ring is 1. The van der Waals surface area contributed by atoms with Crippen LogP contribution in [0.4, 0.5) is 5.69 Å². The van der Waals surface area contributed by atoms with E-state index in [9.17, 15) is 0 Å². The fraction of sp³-hybridized carbons (Fsp3) is 0.471. The molecule has 0 saturated heterocycles. The molecule has 1 aromatic rings. The summed E-state index contributed by atoms with van der Waals surface area (Å²) in [6, 6.07) is 7.44. The summed E-state index contributed by atoms with van der Waals surface area (Å²) in [4.78, 5) is 0. The molecule has 0 heterocycles. The van der Waals surface area contributed by atoms with Crippen LogP contribution in [-0.2, 0) is 4.74 Å². The van der Waals surface area contributed by atoms with Gasteiger partial charge in [-0.25, -0.2) is 0 Å². The second-order valence-corrected chi connectivity index (χ2v) is 5.27. The van der Waals surface area contributed by atoms with Crippen LogP contribution in [0.15, 0.2) is 36.4 Å². The third-order valence-electron chi connectivity index (χ3n) is 3.48. The van der Waals surface area contributed by atoms with Crippen molar-refractivity contribution < 1.29 is 6.16 Å². The maximum Gasteiger partial charge on any atom is 0.0658 e. The van der Waals surface area contributed by atoms with Gasteiger partial charge in [0.1, 0.15) is 0 Å². The Hall–Kier alpha value is -1.61. The Labute approximate surface area is 123 Å². The molecule has 3 N–H and O–H groups in total. The van der Waals surface area contributed by atoms with Crippen molar-refractivity contribution >= 4 is 11.4 Å². The molecule has 1 rings (SSSR count). The third-order valence-corrected chi connectivity index (χ3v) is 3.48. The van der Waals surface area contributed by atoms with Crippen molar-refractivity contribution in [3.8, 4) is 0 Å². The van der Waals surface area contributed by atoms with Gasteiger partial charge in [0.25, 0.3) is 0 Å². The van der Waals surface area contributed by atoms with Crippen LogP contribution in [0.3, 0.4) is 0 Å². The summed E-state index contributed by atoms with van der Waals surface area (Å²) in [6.45, 7) is 10.3. The lowest BCUT2D eigenvalue weighted by Crippen LogP contribution is -2.17. The van der Waals surface area contributed by atoms with Crippen molar-refractivity contribution in [1.29, 1.82) is 5.41 Å². The minimum Gasteiger partial charge on any atom is -0.398 e. The van der Waals surface area contributed by atoms with Crippen LogP contribution in [0.1, 0.15) is 47.0 Å². The summed E-state index contributed by atoms with van der Waals surface area (Å²) in [7, 11) is 0.